The molecule has 1 saturated heterocycles. The first-order chi connectivity index (χ1) is 6.75. The minimum absolute atomic E-state index is 0.193. The van der Waals surface area contributed by atoms with Gasteiger partial charge < -0.3 is 5.32 Å². The van der Waals surface area contributed by atoms with Gasteiger partial charge in [0.25, 0.3) is 0 Å². The van der Waals surface area contributed by atoms with Crippen molar-refractivity contribution >= 4 is 33.4 Å². The number of benzene rings is 1. The van der Waals surface area contributed by atoms with Crippen molar-refractivity contribution in [1.82, 2.24) is 0 Å². The molecule has 0 bridgehead atoms. The van der Waals surface area contributed by atoms with Crippen LogP contribution in [0.5, 0.6) is 0 Å². The summed E-state index contributed by atoms with van der Waals surface area (Å²) in [6.45, 7) is 0. The molecule has 0 radical (unpaired) electrons. The molecule has 4 heteroatoms. The van der Waals surface area contributed by atoms with Gasteiger partial charge in [0.15, 0.2) is 0 Å². The maximum Gasteiger partial charge on any atom is 0.125 e. The maximum atomic E-state index is 13.0. The Balaban J connectivity index is 2.10. The number of halogens is 2. The van der Waals surface area contributed by atoms with Crippen molar-refractivity contribution in [3.05, 3.63) is 28.5 Å². The minimum atomic E-state index is -0.193. The van der Waals surface area contributed by atoms with Crippen molar-refractivity contribution in [3.63, 3.8) is 0 Å². The standard InChI is InChI=1S/C10H11BrFNS/c11-9-2-1-7(12)5-10(9)13-8-3-4-14-6-8/h1-2,5,8,13H,3-4,6H2. The van der Waals surface area contributed by atoms with Crippen LogP contribution in [-0.4, -0.2) is 17.5 Å². The Morgan fingerprint density at radius 3 is 3.07 bits per heavy atom. The first-order valence-electron chi connectivity index (χ1n) is 4.55. The number of rotatable bonds is 2. The Hall–Kier alpha value is -0.220. The van der Waals surface area contributed by atoms with E-state index in [0.717, 1.165) is 22.3 Å². The van der Waals surface area contributed by atoms with Crippen molar-refractivity contribution in [1.29, 1.82) is 0 Å². The highest BCUT2D eigenvalue weighted by molar-refractivity contribution is 9.10. The summed E-state index contributed by atoms with van der Waals surface area (Å²) >= 11 is 5.34. The van der Waals surface area contributed by atoms with E-state index in [-0.39, 0.29) is 5.82 Å². The monoisotopic (exact) mass is 275 g/mol. The van der Waals surface area contributed by atoms with Gasteiger partial charge in [-0.25, -0.2) is 4.39 Å². The second kappa shape index (κ2) is 4.53. The van der Waals surface area contributed by atoms with Crippen molar-refractivity contribution < 1.29 is 4.39 Å². The lowest BCUT2D eigenvalue weighted by atomic mass is 10.2. The van der Waals surface area contributed by atoms with E-state index in [4.69, 9.17) is 0 Å². The van der Waals surface area contributed by atoms with E-state index in [1.54, 1.807) is 6.07 Å². The van der Waals surface area contributed by atoms with Crippen LogP contribution in [0.1, 0.15) is 6.42 Å². The molecule has 1 aliphatic heterocycles. The first-order valence-corrected chi connectivity index (χ1v) is 6.50. The van der Waals surface area contributed by atoms with Crippen molar-refractivity contribution in [3.8, 4) is 0 Å². The van der Waals surface area contributed by atoms with Crippen molar-refractivity contribution in [2.45, 2.75) is 12.5 Å². The van der Waals surface area contributed by atoms with Crippen LogP contribution in [0.2, 0.25) is 0 Å². The lowest BCUT2D eigenvalue weighted by molar-refractivity contribution is 0.627. The molecule has 1 atom stereocenters. The lowest BCUT2D eigenvalue weighted by Gasteiger charge is -2.14. The first kappa shape index (κ1) is 10.3. The van der Waals surface area contributed by atoms with Gasteiger partial charge in [-0.15, -0.1) is 0 Å². The molecule has 1 fully saturated rings. The number of anilines is 1. The molecule has 1 nitrogen and oxygen atoms in total. The molecular formula is C10H11BrFNS. The van der Waals surface area contributed by atoms with Gasteiger partial charge in [-0.2, -0.15) is 11.8 Å². The summed E-state index contributed by atoms with van der Waals surface area (Å²) in [4.78, 5) is 0. The van der Waals surface area contributed by atoms with Crippen LogP contribution in [0.15, 0.2) is 22.7 Å². The number of hydrogen-bond donors (Lipinski definition) is 1. The van der Waals surface area contributed by atoms with Gasteiger partial charge in [0, 0.05) is 16.3 Å². The van der Waals surface area contributed by atoms with Gasteiger partial charge in [-0.3, -0.25) is 0 Å². The smallest absolute Gasteiger partial charge is 0.125 e. The van der Waals surface area contributed by atoms with Crippen LogP contribution in [0.3, 0.4) is 0 Å². The fourth-order valence-corrected chi connectivity index (χ4v) is 2.99. The maximum absolute atomic E-state index is 13.0. The third-order valence-electron chi connectivity index (χ3n) is 2.22. The van der Waals surface area contributed by atoms with Crippen LogP contribution < -0.4 is 5.32 Å². The summed E-state index contributed by atoms with van der Waals surface area (Å²) in [5.74, 6) is 2.12. The summed E-state index contributed by atoms with van der Waals surface area (Å²) < 4.78 is 13.9. The number of nitrogens with one attached hydrogen (secondary N) is 1. The van der Waals surface area contributed by atoms with Gasteiger partial charge >= 0.3 is 0 Å². The molecule has 0 aromatic heterocycles. The summed E-state index contributed by atoms with van der Waals surface area (Å²) in [5, 5.41) is 3.34. The highest BCUT2D eigenvalue weighted by Crippen LogP contribution is 2.27. The predicted octanol–water partition coefficient (Wildman–Crippen LogP) is 3.51. The second-order valence-electron chi connectivity index (χ2n) is 3.33. The van der Waals surface area contributed by atoms with Gasteiger partial charge in [0.1, 0.15) is 5.82 Å². The van der Waals surface area contributed by atoms with Crippen molar-refractivity contribution in [2.75, 3.05) is 16.8 Å². The fraction of sp³-hybridized carbons (Fsp3) is 0.400. The van der Waals surface area contributed by atoms with E-state index in [9.17, 15) is 4.39 Å². The molecule has 14 heavy (non-hydrogen) atoms. The average Bonchev–Trinajstić information content (AvgIpc) is 2.64. The molecule has 1 aromatic carbocycles. The van der Waals surface area contributed by atoms with Crippen molar-refractivity contribution in [2.24, 2.45) is 0 Å². The van der Waals surface area contributed by atoms with E-state index < -0.39 is 0 Å². The largest absolute Gasteiger partial charge is 0.380 e. The molecule has 0 saturated carbocycles. The van der Waals surface area contributed by atoms with Crippen LogP contribution in [0.25, 0.3) is 0 Å². The zero-order valence-corrected chi connectivity index (χ0v) is 10.00. The molecule has 0 spiro atoms. The summed E-state index contributed by atoms with van der Waals surface area (Å²) in [7, 11) is 0. The zero-order chi connectivity index (χ0) is 9.97. The third kappa shape index (κ3) is 2.42. The second-order valence-corrected chi connectivity index (χ2v) is 5.33. The molecule has 0 amide bonds. The molecule has 76 valence electrons. The predicted molar refractivity (Wildman–Crippen MR) is 63.5 cm³/mol. The van der Waals surface area contributed by atoms with Gasteiger partial charge in [-0.05, 0) is 46.3 Å². The number of thioether (sulfide) groups is 1. The van der Waals surface area contributed by atoms with Gasteiger partial charge in [0.2, 0.25) is 0 Å². The fourth-order valence-electron chi connectivity index (χ4n) is 1.48. The molecular weight excluding hydrogens is 265 g/mol. The molecule has 2 rings (SSSR count). The molecule has 1 aliphatic rings. The van der Waals surface area contributed by atoms with E-state index in [2.05, 4.69) is 21.2 Å². The van der Waals surface area contributed by atoms with E-state index >= 15 is 0 Å². The lowest BCUT2D eigenvalue weighted by Crippen LogP contribution is -2.18. The number of hydrogen-bond acceptors (Lipinski definition) is 2. The Kier molecular flexibility index (Phi) is 3.34. The van der Waals surface area contributed by atoms with E-state index in [0.29, 0.717) is 6.04 Å². The topological polar surface area (TPSA) is 12.0 Å². The molecule has 1 unspecified atom stereocenters. The Bertz CT molecular complexity index is 326. The highest BCUT2D eigenvalue weighted by Gasteiger charge is 2.15. The van der Waals surface area contributed by atoms with E-state index in [1.165, 1.54) is 17.9 Å². The average molecular weight is 276 g/mol. The Labute approximate surface area is 95.6 Å². The molecule has 1 heterocycles. The molecule has 1 N–H and O–H groups in total. The summed E-state index contributed by atoms with van der Waals surface area (Å²) in [6, 6.07) is 5.21. The zero-order valence-electron chi connectivity index (χ0n) is 7.59. The SMILES string of the molecule is Fc1ccc(Br)c(NC2CCSC2)c1. The minimum Gasteiger partial charge on any atom is -0.380 e. The van der Waals surface area contributed by atoms with Crippen LogP contribution >= 0.6 is 27.7 Å². The van der Waals surface area contributed by atoms with E-state index in [1.807, 2.05) is 11.8 Å². The molecule has 1 aromatic rings. The van der Waals surface area contributed by atoms with Crippen LogP contribution in [0, 0.1) is 5.82 Å². The normalized spacial score (nSPS) is 21.1. The summed E-state index contributed by atoms with van der Waals surface area (Å²) in [5.41, 5.74) is 0.859. The Morgan fingerprint density at radius 1 is 1.50 bits per heavy atom. The van der Waals surface area contributed by atoms with Gasteiger partial charge in [-0.1, -0.05) is 0 Å². The third-order valence-corrected chi connectivity index (χ3v) is 4.07. The highest BCUT2D eigenvalue weighted by atomic mass is 79.9. The van der Waals surface area contributed by atoms with Gasteiger partial charge in [0.05, 0.1) is 5.69 Å². The quantitative estimate of drug-likeness (QED) is 0.887. The van der Waals surface area contributed by atoms with Crippen LogP contribution in [-0.2, 0) is 0 Å². The Morgan fingerprint density at radius 2 is 2.36 bits per heavy atom. The van der Waals surface area contributed by atoms with Crippen LogP contribution in [0.4, 0.5) is 10.1 Å². The molecule has 0 aliphatic carbocycles. The summed E-state index contributed by atoms with van der Waals surface area (Å²) in [6.07, 6.45) is 1.16.